The number of aromatic nitrogens is 2. The summed E-state index contributed by atoms with van der Waals surface area (Å²) in [5, 5.41) is 34.4. The summed E-state index contributed by atoms with van der Waals surface area (Å²) >= 11 is 0. The molecular weight excluding hydrogens is 930 g/mol. The number of H-pyrrole nitrogens is 1. The number of aliphatic hydroxyl groups is 2. The number of halogens is 1. The fourth-order valence-electron chi connectivity index (χ4n) is 7.27. The average molecular weight is 990 g/mol. The maximum absolute atomic E-state index is 14.1. The van der Waals surface area contributed by atoms with Crippen molar-refractivity contribution in [3.05, 3.63) is 141 Å². The first-order valence-corrected chi connectivity index (χ1v) is 23.1. The number of hydrogen-bond acceptors (Lipinski definition) is 14. The molecule has 1 aromatic heterocycles. The molecule has 5 rings (SSSR count). The molecule has 0 aliphatic carbocycles. The maximum Gasteiger partial charge on any atom is 0.408 e. The zero-order valence-corrected chi connectivity index (χ0v) is 39.4. The van der Waals surface area contributed by atoms with Crippen LogP contribution in [0, 0.1) is 11.7 Å². The number of aliphatic hydroxyl groups excluding tert-OH is 2. The van der Waals surface area contributed by atoms with Crippen molar-refractivity contribution in [3.63, 3.8) is 0 Å². The van der Waals surface area contributed by atoms with E-state index in [0.717, 1.165) is 5.56 Å². The maximum atomic E-state index is 14.1. The van der Waals surface area contributed by atoms with E-state index in [-0.39, 0.29) is 32.6 Å². The van der Waals surface area contributed by atoms with Crippen LogP contribution in [0.2, 0.25) is 0 Å². The van der Waals surface area contributed by atoms with E-state index in [4.69, 9.17) is 18.9 Å². The highest BCUT2D eigenvalue weighted by Gasteiger charge is 2.45. The molecule has 2 heterocycles. The van der Waals surface area contributed by atoms with E-state index in [9.17, 15) is 53.0 Å². The summed E-state index contributed by atoms with van der Waals surface area (Å²) in [6.45, 7) is 4.32. The van der Waals surface area contributed by atoms with Gasteiger partial charge in [-0.15, -0.1) is 0 Å². The van der Waals surface area contributed by atoms with Gasteiger partial charge in [0.05, 0.1) is 6.20 Å². The van der Waals surface area contributed by atoms with Crippen molar-refractivity contribution in [3.8, 4) is 0 Å². The number of rotatable bonds is 24. The van der Waals surface area contributed by atoms with Gasteiger partial charge in [-0.25, -0.2) is 19.2 Å². The Kier molecular flexibility index (Phi) is 20.8. The highest BCUT2D eigenvalue weighted by atomic mass is 19.1. The van der Waals surface area contributed by atoms with Crippen molar-refractivity contribution in [2.24, 2.45) is 5.92 Å². The van der Waals surface area contributed by atoms with Gasteiger partial charge in [-0.2, -0.15) is 4.39 Å². The highest BCUT2D eigenvalue weighted by Crippen LogP contribution is 2.29. The predicted octanol–water partition coefficient (Wildman–Crippen LogP) is 1.99. The highest BCUT2D eigenvalue weighted by molar-refractivity contribution is 5.94. The Hall–Kier alpha value is -7.43. The van der Waals surface area contributed by atoms with Gasteiger partial charge in [0.2, 0.25) is 23.5 Å². The van der Waals surface area contributed by atoms with Gasteiger partial charge < -0.3 is 55.7 Å². The summed E-state index contributed by atoms with van der Waals surface area (Å²) in [5.41, 5.74) is -0.283. The number of esters is 1. The number of benzene rings is 3. The second kappa shape index (κ2) is 27.1. The second-order valence-electron chi connectivity index (χ2n) is 16.9. The number of alkyl carbamates (subject to hydrolysis) is 2. The summed E-state index contributed by atoms with van der Waals surface area (Å²) in [5.74, 6) is -5.21. The molecule has 9 atom stereocenters. The van der Waals surface area contributed by atoms with Crippen LogP contribution in [0.3, 0.4) is 0 Å². The van der Waals surface area contributed by atoms with E-state index in [0.29, 0.717) is 41.2 Å². The molecule has 4 aromatic rings. The summed E-state index contributed by atoms with van der Waals surface area (Å²) in [6, 6.07) is 21.6. The molecular formula is C49H60FN7O14. The first-order valence-electron chi connectivity index (χ1n) is 23.1. The van der Waals surface area contributed by atoms with E-state index in [1.807, 2.05) is 30.3 Å². The van der Waals surface area contributed by atoms with Crippen LogP contribution in [0.15, 0.2) is 107 Å². The number of hydrogen-bond donors (Lipinski definition) is 8. The molecule has 21 nitrogen and oxygen atoms in total. The Morgan fingerprint density at radius 2 is 1.30 bits per heavy atom. The van der Waals surface area contributed by atoms with Gasteiger partial charge in [-0.3, -0.25) is 28.7 Å². The van der Waals surface area contributed by atoms with Gasteiger partial charge in [0, 0.05) is 13.0 Å². The topological polar surface area (TPSA) is 295 Å². The van der Waals surface area contributed by atoms with Gasteiger partial charge >= 0.3 is 23.8 Å². The molecule has 22 heteroatoms. The van der Waals surface area contributed by atoms with Crippen LogP contribution in [-0.2, 0) is 57.8 Å². The number of ether oxygens (including phenoxy) is 4. The fourth-order valence-corrected chi connectivity index (χ4v) is 7.27. The van der Waals surface area contributed by atoms with Gasteiger partial charge in [-0.05, 0) is 48.8 Å². The van der Waals surface area contributed by atoms with Gasteiger partial charge in [0.25, 0.3) is 5.56 Å². The van der Waals surface area contributed by atoms with Crippen molar-refractivity contribution in [1.82, 2.24) is 36.1 Å². The molecule has 0 spiro atoms. The number of unbranched alkanes of at least 4 members (excludes halogenated alkanes) is 1. The van der Waals surface area contributed by atoms with Crippen LogP contribution >= 0.6 is 0 Å². The molecule has 0 bridgehead atoms. The van der Waals surface area contributed by atoms with E-state index >= 15 is 0 Å². The van der Waals surface area contributed by atoms with Crippen molar-refractivity contribution in [1.29, 1.82) is 0 Å². The largest absolute Gasteiger partial charge is 0.461 e. The lowest BCUT2D eigenvalue weighted by Crippen LogP contribution is -2.58. The molecule has 3 aromatic carbocycles. The lowest BCUT2D eigenvalue weighted by molar-refractivity contribution is -0.155. The van der Waals surface area contributed by atoms with E-state index in [1.54, 1.807) is 79.5 Å². The summed E-state index contributed by atoms with van der Waals surface area (Å²) in [7, 11) is 0. The minimum absolute atomic E-state index is 0.0568. The number of nitrogens with one attached hydrogen (secondary N) is 6. The van der Waals surface area contributed by atoms with E-state index in [2.05, 4.69) is 26.6 Å². The minimum Gasteiger partial charge on any atom is -0.461 e. The van der Waals surface area contributed by atoms with Gasteiger partial charge in [0.15, 0.2) is 6.23 Å². The molecule has 1 saturated heterocycles. The van der Waals surface area contributed by atoms with Crippen LogP contribution in [0.5, 0.6) is 0 Å². The predicted molar refractivity (Wildman–Crippen MR) is 251 cm³/mol. The molecule has 0 radical (unpaired) electrons. The van der Waals surface area contributed by atoms with Crippen molar-refractivity contribution < 1.29 is 62.3 Å². The normalized spacial score (nSPS) is 18.3. The average Bonchev–Trinajstić information content (AvgIpc) is 3.65. The molecule has 0 saturated carbocycles. The Morgan fingerprint density at radius 1 is 0.718 bits per heavy atom. The summed E-state index contributed by atoms with van der Waals surface area (Å²) in [4.78, 5) is 106. The zero-order chi connectivity index (χ0) is 51.5. The van der Waals surface area contributed by atoms with Crippen LogP contribution in [0.4, 0.5) is 14.0 Å². The molecule has 5 amide bonds. The van der Waals surface area contributed by atoms with Gasteiger partial charge in [-0.1, -0.05) is 111 Å². The lowest BCUT2D eigenvalue weighted by Gasteiger charge is -2.27. The number of carbonyl (C=O) groups is 6. The quantitative estimate of drug-likeness (QED) is 0.0283. The molecule has 8 N–H and O–H groups in total. The molecule has 1 aliphatic rings. The molecule has 382 valence electrons. The Balaban J connectivity index is 1.21. The summed E-state index contributed by atoms with van der Waals surface area (Å²) < 4.78 is 36.1. The zero-order valence-electron chi connectivity index (χ0n) is 39.4. The number of aromatic amines is 1. The molecule has 71 heavy (non-hydrogen) atoms. The Bertz CT molecular complexity index is 2520. The fraction of sp³-hybridized carbons (Fsp3) is 0.429. The molecule has 0 unspecified atom stereocenters. The van der Waals surface area contributed by atoms with Crippen molar-refractivity contribution >= 4 is 35.9 Å². The number of amides is 5. The van der Waals surface area contributed by atoms with Crippen molar-refractivity contribution in [2.45, 2.75) is 115 Å². The number of nitrogens with zero attached hydrogens (tertiary/aromatic N) is 1. The first-order chi connectivity index (χ1) is 34.0. The van der Waals surface area contributed by atoms with Crippen LogP contribution in [0.25, 0.3) is 0 Å². The summed E-state index contributed by atoms with van der Waals surface area (Å²) in [6.07, 6.45) is -6.53. The monoisotopic (exact) mass is 989 g/mol. The van der Waals surface area contributed by atoms with E-state index in [1.165, 1.54) is 6.92 Å². The van der Waals surface area contributed by atoms with Crippen LogP contribution in [-0.4, -0.2) is 111 Å². The SMILES string of the molecule is CC[C@H](C)[C@H](NC(=O)[C@H](Cc1ccccc1)NC(=O)[C@H](C)NC(=O)[C@H](CCCCNC(=O)OCc1ccccc1)NC(=O)OCc1ccccc1)C(=O)OC[C@H]1O[C@@H](n2cc(F)c(=O)[nH]c2=O)[C@H](O)[C@@H]1O. The van der Waals surface area contributed by atoms with Gasteiger partial charge in [0.1, 0.15) is 62.3 Å². The Labute approximate surface area is 407 Å². The third kappa shape index (κ3) is 16.6. The van der Waals surface area contributed by atoms with E-state index < -0.39 is 114 Å². The third-order valence-electron chi connectivity index (χ3n) is 11.6. The molecule has 1 fully saturated rings. The first kappa shape index (κ1) is 54.5. The van der Waals surface area contributed by atoms with Crippen molar-refractivity contribution in [2.75, 3.05) is 13.2 Å². The smallest absolute Gasteiger partial charge is 0.408 e. The Morgan fingerprint density at radius 3 is 1.90 bits per heavy atom. The standard InChI is InChI=1S/C49H60FN7O14/c1-4-29(2)38(46(64)68-28-37-39(58)40(59)45(71-37)57-25-34(50)42(61)56-47(57)65)55-44(63)36(24-31-16-8-5-9-17-31)53-41(60)30(3)52-43(62)35(54-49(67)70-27-33-20-12-7-13-21-33)22-14-15-23-51-48(66)69-26-32-18-10-6-11-19-32/h5-13,16-21,25,29-30,35-40,45,58-59H,4,14-15,22-24,26-28H2,1-3H3,(H,51,66)(H,52,62)(H,53,60)(H,54,67)(H,55,63)(H,56,61,65)/t29-,30-,35-,36-,37+,38-,39+,40+,45+/m0/s1. The molecule has 1 aliphatic heterocycles. The van der Waals surface area contributed by atoms with Crippen LogP contribution in [0.1, 0.15) is 69.4 Å². The third-order valence-corrected chi connectivity index (χ3v) is 11.6. The number of carbonyl (C=O) groups excluding carboxylic acids is 6. The minimum atomic E-state index is -1.80. The lowest BCUT2D eigenvalue weighted by atomic mass is 9.98. The van der Waals surface area contributed by atoms with Crippen LogP contribution < -0.4 is 37.8 Å². The second-order valence-corrected chi connectivity index (χ2v) is 16.9.